The summed E-state index contributed by atoms with van der Waals surface area (Å²) in [6, 6.07) is 8.56. The number of hydrogen-bond acceptors (Lipinski definition) is 4. The number of carboxylic acid groups (broad SMARTS) is 1. The summed E-state index contributed by atoms with van der Waals surface area (Å²) >= 11 is 0.950. The van der Waals surface area contributed by atoms with E-state index in [1.54, 1.807) is 37.3 Å². The molecule has 7 heteroatoms. The minimum atomic E-state index is -0.968. The maximum Gasteiger partial charge on any atom is 0.335 e. The first kappa shape index (κ1) is 18.0. The van der Waals surface area contributed by atoms with Crippen molar-refractivity contribution < 1.29 is 19.5 Å². The maximum atomic E-state index is 12.3. The average Bonchev–Trinajstić information content (AvgIpc) is 3.03. The van der Waals surface area contributed by atoms with E-state index in [-0.39, 0.29) is 16.7 Å². The highest BCUT2D eigenvalue weighted by Crippen LogP contribution is 2.33. The molecule has 2 heterocycles. The van der Waals surface area contributed by atoms with E-state index < -0.39 is 5.97 Å². The lowest BCUT2D eigenvalue weighted by molar-refractivity contribution is -0.122. The third-order valence-electron chi connectivity index (χ3n) is 4.32. The predicted molar refractivity (Wildman–Crippen MR) is 101 cm³/mol. The van der Waals surface area contributed by atoms with E-state index in [4.69, 9.17) is 5.11 Å². The first-order valence-electron chi connectivity index (χ1n) is 8.11. The Balaban J connectivity index is 1.99. The molecule has 0 saturated carbocycles. The summed E-state index contributed by atoms with van der Waals surface area (Å²) in [6.45, 7) is 5.99. The number of imide groups is 1. The van der Waals surface area contributed by atoms with E-state index in [0.717, 1.165) is 34.4 Å². The van der Waals surface area contributed by atoms with Crippen LogP contribution in [0.15, 0.2) is 35.2 Å². The quantitative estimate of drug-likeness (QED) is 0.827. The van der Waals surface area contributed by atoms with Crippen LogP contribution in [0.3, 0.4) is 0 Å². The maximum absolute atomic E-state index is 12.3. The summed E-state index contributed by atoms with van der Waals surface area (Å²) in [6.07, 6.45) is 1.74. The van der Waals surface area contributed by atoms with Gasteiger partial charge in [0.2, 0.25) is 0 Å². The summed E-state index contributed by atoms with van der Waals surface area (Å²) < 4.78 is 1.99. The molecule has 0 radical (unpaired) electrons. The van der Waals surface area contributed by atoms with Gasteiger partial charge in [0.15, 0.2) is 0 Å². The normalized spacial score (nSPS) is 16.0. The van der Waals surface area contributed by atoms with Crippen molar-refractivity contribution in [1.82, 2.24) is 9.47 Å². The highest BCUT2D eigenvalue weighted by Gasteiger charge is 2.33. The fraction of sp³-hybridized carbons (Fsp3) is 0.211. The van der Waals surface area contributed by atoms with Gasteiger partial charge >= 0.3 is 5.97 Å². The van der Waals surface area contributed by atoms with Crippen LogP contribution in [0.1, 0.15) is 34.2 Å². The first-order chi connectivity index (χ1) is 12.3. The number of thioether (sulfide) groups is 1. The number of nitrogens with zero attached hydrogens (tertiary/aromatic N) is 2. The van der Waals surface area contributed by atoms with Crippen LogP contribution in [0.5, 0.6) is 0 Å². The topological polar surface area (TPSA) is 79.6 Å². The molecule has 0 atom stereocenters. The van der Waals surface area contributed by atoms with Gasteiger partial charge in [-0.1, -0.05) is 0 Å². The number of rotatable bonds is 4. The Morgan fingerprint density at radius 1 is 1.19 bits per heavy atom. The monoisotopic (exact) mass is 370 g/mol. The lowest BCUT2D eigenvalue weighted by atomic mass is 10.2. The fourth-order valence-corrected chi connectivity index (χ4v) is 3.89. The van der Waals surface area contributed by atoms with Crippen LogP contribution in [0.25, 0.3) is 11.8 Å². The second kappa shape index (κ2) is 6.84. The number of carbonyl (C=O) groups excluding carboxylic acids is 2. The Labute approximate surface area is 155 Å². The minimum Gasteiger partial charge on any atom is -0.478 e. The lowest BCUT2D eigenvalue weighted by Gasteiger charge is -2.10. The Hall–Kier alpha value is -2.80. The molecular weight excluding hydrogens is 352 g/mol. The highest BCUT2D eigenvalue weighted by atomic mass is 32.2. The molecule has 1 aromatic carbocycles. The van der Waals surface area contributed by atoms with Gasteiger partial charge in [0, 0.05) is 23.6 Å². The molecule has 1 aromatic heterocycles. The third-order valence-corrected chi connectivity index (χ3v) is 5.23. The third kappa shape index (κ3) is 3.06. The van der Waals surface area contributed by atoms with Crippen molar-refractivity contribution in [3.63, 3.8) is 0 Å². The van der Waals surface area contributed by atoms with Crippen LogP contribution in [0.2, 0.25) is 0 Å². The van der Waals surface area contributed by atoms with Crippen LogP contribution in [0.4, 0.5) is 4.79 Å². The van der Waals surface area contributed by atoms with Gasteiger partial charge in [0.05, 0.1) is 10.5 Å². The van der Waals surface area contributed by atoms with Crippen LogP contribution >= 0.6 is 11.8 Å². The van der Waals surface area contributed by atoms with Crippen LogP contribution in [-0.2, 0) is 4.79 Å². The Bertz CT molecular complexity index is 941. The smallest absolute Gasteiger partial charge is 0.335 e. The van der Waals surface area contributed by atoms with E-state index in [2.05, 4.69) is 0 Å². The van der Waals surface area contributed by atoms with Crippen molar-refractivity contribution in [2.45, 2.75) is 20.8 Å². The second-order valence-corrected chi connectivity index (χ2v) is 6.93. The van der Waals surface area contributed by atoms with Crippen molar-refractivity contribution in [2.24, 2.45) is 0 Å². The summed E-state index contributed by atoms with van der Waals surface area (Å²) in [5, 5.41) is 8.78. The Morgan fingerprint density at radius 2 is 1.85 bits per heavy atom. The van der Waals surface area contributed by atoms with Gasteiger partial charge < -0.3 is 9.67 Å². The number of carbonyl (C=O) groups is 3. The predicted octanol–water partition coefficient (Wildman–Crippen LogP) is 3.85. The molecule has 1 fully saturated rings. The molecule has 1 aliphatic rings. The molecule has 0 unspecified atom stereocenters. The highest BCUT2D eigenvalue weighted by molar-refractivity contribution is 8.18. The molecular formula is C19H18N2O4S. The number of aryl methyl sites for hydroxylation is 1. The van der Waals surface area contributed by atoms with Crippen molar-refractivity contribution in [2.75, 3.05) is 6.54 Å². The lowest BCUT2D eigenvalue weighted by Crippen LogP contribution is -2.27. The first-order valence-corrected chi connectivity index (χ1v) is 8.93. The van der Waals surface area contributed by atoms with Crippen LogP contribution in [-0.4, -0.2) is 38.2 Å². The molecule has 26 heavy (non-hydrogen) atoms. The molecule has 2 amide bonds. The number of amides is 2. The number of likely N-dealkylation sites (N-methyl/N-ethyl adjacent to an activating group) is 1. The SMILES string of the molecule is CCN1C(=O)S/C(=C/c2cc(C)n(-c3ccc(C(=O)O)cc3)c2C)C1=O. The van der Waals surface area contributed by atoms with Crippen molar-refractivity contribution >= 4 is 35.0 Å². The van der Waals surface area contributed by atoms with Crippen LogP contribution < -0.4 is 0 Å². The van der Waals surface area contributed by atoms with Gasteiger partial charge in [-0.05, 0) is 74.5 Å². The summed E-state index contributed by atoms with van der Waals surface area (Å²) in [4.78, 5) is 36.8. The van der Waals surface area contributed by atoms with E-state index in [0.29, 0.717) is 11.4 Å². The van der Waals surface area contributed by atoms with Gasteiger partial charge in [0.25, 0.3) is 11.1 Å². The van der Waals surface area contributed by atoms with E-state index in [1.165, 1.54) is 4.90 Å². The number of benzene rings is 1. The Morgan fingerprint density at radius 3 is 2.38 bits per heavy atom. The molecule has 134 valence electrons. The van der Waals surface area contributed by atoms with Gasteiger partial charge in [-0.15, -0.1) is 0 Å². The molecule has 1 N–H and O–H groups in total. The van der Waals surface area contributed by atoms with Crippen molar-refractivity contribution in [3.8, 4) is 5.69 Å². The summed E-state index contributed by atoms with van der Waals surface area (Å²) in [7, 11) is 0. The average molecular weight is 370 g/mol. The number of aromatic nitrogens is 1. The minimum absolute atomic E-state index is 0.227. The summed E-state index contributed by atoms with van der Waals surface area (Å²) in [5.74, 6) is -1.23. The molecule has 6 nitrogen and oxygen atoms in total. The molecule has 0 bridgehead atoms. The zero-order valence-electron chi connectivity index (χ0n) is 14.6. The number of carboxylic acids is 1. The zero-order valence-corrected chi connectivity index (χ0v) is 15.5. The molecule has 0 spiro atoms. The van der Waals surface area contributed by atoms with E-state index in [9.17, 15) is 14.4 Å². The van der Waals surface area contributed by atoms with Crippen molar-refractivity contribution in [3.05, 3.63) is 57.8 Å². The van der Waals surface area contributed by atoms with Gasteiger partial charge in [-0.3, -0.25) is 14.5 Å². The molecule has 1 saturated heterocycles. The standard InChI is InChI=1S/C19H18N2O4S/c1-4-20-17(22)16(26-19(20)25)10-14-9-11(2)21(12(14)3)15-7-5-13(6-8-15)18(23)24/h5-10H,4H2,1-3H3,(H,23,24)/b16-10+. The molecule has 1 aliphatic heterocycles. The number of aromatic carboxylic acids is 1. The van der Waals surface area contributed by atoms with Gasteiger partial charge in [0.1, 0.15) is 0 Å². The van der Waals surface area contributed by atoms with E-state index in [1.807, 2.05) is 24.5 Å². The largest absolute Gasteiger partial charge is 0.478 e. The zero-order chi connectivity index (χ0) is 19.0. The Kier molecular flexibility index (Phi) is 4.73. The van der Waals surface area contributed by atoms with Crippen LogP contribution in [0, 0.1) is 13.8 Å². The van der Waals surface area contributed by atoms with Crippen molar-refractivity contribution in [1.29, 1.82) is 0 Å². The molecule has 0 aliphatic carbocycles. The molecule has 3 rings (SSSR count). The molecule has 2 aromatic rings. The number of hydrogen-bond donors (Lipinski definition) is 1. The fourth-order valence-electron chi connectivity index (χ4n) is 3.00. The summed E-state index contributed by atoms with van der Waals surface area (Å²) in [5.41, 5.74) is 3.78. The van der Waals surface area contributed by atoms with E-state index >= 15 is 0 Å². The van der Waals surface area contributed by atoms with Gasteiger partial charge in [-0.25, -0.2) is 4.79 Å². The van der Waals surface area contributed by atoms with Gasteiger partial charge in [-0.2, -0.15) is 0 Å². The second-order valence-electron chi connectivity index (χ2n) is 5.94.